The summed E-state index contributed by atoms with van der Waals surface area (Å²) in [6, 6.07) is 17.1. The number of imide groups is 2. The van der Waals surface area contributed by atoms with Crippen molar-refractivity contribution in [2.75, 3.05) is 4.90 Å². The van der Waals surface area contributed by atoms with E-state index in [9.17, 15) is 22.8 Å². The van der Waals surface area contributed by atoms with E-state index in [1.54, 1.807) is 24.3 Å². The van der Waals surface area contributed by atoms with E-state index in [2.05, 4.69) is 5.32 Å². The van der Waals surface area contributed by atoms with Gasteiger partial charge in [-0.3, -0.25) is 14.9 Å². The van der Waals surface area contributed by atoms with Crippen LogP contribution in [-0.4, -0.2) is 26.3 Å². The largest absolute Gasteiger partial charge is 0.376 e. The van der Waals surface area contributed by atoms with Gasteiger partial charge in [0, 0.05) is 0 Å². The molecule has 1 fully saturated rings. The lowest BCUT2D eigenvalue weighted by Gasteiger charge is -2.26. The van der Waals surface area contributed by atoms with Crippen molar-refractivity contribution >= 4 is 62.9 Å². The second-order valence-corrected chi connectivity index (χ2v) is 9.32. The number of barbiturate groups is 1. The zero-order valence-electron chi connectivity index (χ0n) is 17.1. The van der Waals surface area contributed by atoms with Crippen molar-refractivity contribution in [1.82, 2.24) is 5.32 Å². The first-order chi connectivity index (χ1) is 16.2. The molecular weight excluding hydrogens is 503 g/mol. The molecule has 11 heteroatoms. The molecule has 0 spiro atoms. The van der Waals surface area contributed by atoms with Crippen molar-refractivity contribution in [1.29, 1.82) is 0 Å². The summed E-state index contributed by atoms with van der Waals surface area (Å²) in [4.78, 5) is 38.3. The van der Waals surface area contributed by atoms with Crippen LogP contribution in [-0.2, 0) is 19.7 Å². The van der Waals surface area contributed by atoms with Crippen LogP contribution in [0.3, 0.4) is 0 Å². The van der Waals surface area contributed by atoms with E-state index in [0.29, 0.717) is 0 Å². The minimum absolute atomic E-state index is 0.0940. The summed E-state index contributed by atoms with van der Waals surface area (Å²) in [7, 11) is -4.21. The first-order valence-electron chi connectivity index (χ1n) is 9.62. The predicted octanol–water partition coefficient (Wildman–Crippen LogP) is 4.43. The molecule has 4 rings (SSSR count). The molecule has 0 bridgehead atoms. The van der Waals surface area contributed by atoms with Gasteiger partial charge >= 0.3 is 16.1 Å². The molecule has 34 heavy (non-hydrogen) atoms. The van der Waals surface area contributed by atoms with Gasteiger partial charge in [-0.05, 0) is 48.0 Å². The number of urea groups is 1. The number of rotatable bonds is 5. The average molecular weight is 517 g/mol. The molecule has 1 N–H and O–H groups in total. The van der Waals surface area contributed by atoms with Crippen LogP contribution in [0.25, 0.3) is 6.08 Å². The fraction of sp³-hybridized carbons (Fsp3) is 0. The number of hydrogen-bond donors (Lipinski definition) is 1. The van der Waals surface area contributed by atoms with Gasteiger partial charge in [-0.25, -0.2) is 9.69 Å². The van der Waals surface area contributed by atoms with E-state index in [1.807, 2.05) is 0 Å². The highest BCUT2D eigenvalue weighted by Gasteiger charge is 2.36. The third-order valence-corrected chi connectivity index (χ3v) is 6.47. The smallest absolute Gasteiger partial charge is 0.339 e. The Morgan fingerprint density at radius 1 is 0.853 bits per heavy atom. The summed E-state index contributed by atoms with van der Waals surface area (Å²) in [5.41, 5.74) is 0.135. The van der Waals surface area contributed by atoms with Crippen LogP contribution in [0.2, 0.25) is 10.0 Å². The molecule has 0 aromatic heterocycles. The molecule has 0 radical (unpaired) electrons. The number of nitrogens with one attached hydrogen (secondary N) is 1. The molecule has 1 heterocycles. The van der Waals surface area contributed by atoms with Crippen LogP contribution < -0.4 is 14.4 Å². The van der Waals surface area contributed by atoms with Crippen molar-refractivity contribution in [3.63, 3.8) is 0 Å². The summed E-state index contributed by atoms with van der Waals surface area (Å²) in [6.45, 7) is 0. The molecule has 0 atom stereocenters. The number of carbonyl (C=O) groups excluding carboxylic acids is 3. The second-order valence-electron chi connectivity index (χ2n) is 6.96. The van der Waals surface area contributed by atoms with Gasteiger partial charge in [0.1, 0.15) is 10.5 Å². The van der Waals surface area contributed by atoms with Crippen LogP contribution in [0, 0.1) is 0 Å². The molecule has 1 aliphatic heterocycles. The van der Waals surface area contributed by atoms with Crippen molar-refractivity contribution in [2.45, 2.75) is 4.90 Å². The number of benzene rings is 3. The fourth-order valence-corrected chi connectivity index (χ4v) is 4.78. The third kappa shape index (κ3) is 4.67. The number of amides is 4. The van der Waals surface area contributed by atoms with Gasteiger partial charge in [-0.2, -0.15) is 8.42 Å². The highest BCUT2D eigenvalue weighted by Crippen LogP contribution is 2.37. The van der Waals surface area contributed by atoms with Crippen LogP contribution in [0.1, 0.15) is 5.56 Å². The lowest BCUT2D eigenvalue weighted by Crippen LogP contribution is -2.54. The van der Waals surface area contributed by atoms with Crippen molar-refractivity contribution in [3.8, 4) is 5.75 Å². The Balaban J connectivity index is 1.67. The van der Waals surface area contributed by atoms with Gasteiger partial charge in [-0.1, -0.05) is 59.6 Å². The number of anilines is 1. The van der Waals surface area contributed by atoms with E-state index in [-0.39, 0.29) is 37.5 Å². The molecule has 3 aromatic carbocycles. The SMILES string of the molecule is O=C1NC(=O)N(c2ccccc2)C(=O)/C1=C/c1cc(Cl)c(OS(=O)(=O)c2ccccc2)c(Cl)c1. The van der Waals surface area contributed by atoms with Crippen LogP contribution >= 0.6 is 23.2 Å². The lowest BCUT2D eigenvalue weighted by atomic mass is 10.1. The predicted molar refractivity (Wildman–Crippen MR) is 126 cm³/mol. The zero-order valence-corrected chi connectivity index (χ0v) is 19.4. The van der Waals surface area contributed by atoms with Gasteiger partial charge in [-0.15, -0.1) is 0 Å². The molecular formula is C23H14Cl2N2O6S. The van der Waals surface area contributed by atoms with Gasteiger partial charge in [0.05, 0.1) is 15.7 Å². The maximum absolute atomic E-state index is 12.9. The van der Waals surface area contributed by atoms with Gasteiger partial charge in [0.25, 0.3) is 11.8 Å². The number of carbonyl (C=O) groups is 3. The standard InChI is InChI=1S/C23H14Cl2N2O6S/c24-18-12-14(13-19(25)20(18)33-34(31,32)16-9-5-2-6-10-16)11-17-21(28)26-23(30)27(22(17)29)15-7-3-1-4-8-15/h1-13H,(H,26,28,30)/b17-11+. The molecule has 1 saturated heterocycles. The number of nitrogens with zero attached hydrogens (tertiary/aromatic N) is 1. The highest BCUT2D eigenvalue weighted by molar-refractivity contribution is 7.87. The molecule has 0 saturated carbocycles. The van der Waals surface area contributed by atoms with E-state index in [4.69, 9.17) is 27.4 Å². The Morgan fingerprint density at radius 3 is 2.00 bits per heavy atom. The molecule has 3 aromatic rings. The molecule has 8 nitrogen and oxygen atoms in total. The Kier molecular flexibility index (Phi) is 6.43. The number of para-hydroxylation sites is 1. The van der Waals surface area contributed by atoms with Gasteiger partial charge < -0.3 is 4.18 Å². The Hall–Kier alpha value is -3.66. The van der Waals surface area contributed by atoms with Crippen LogP contribution in [0.5, 0.6) is 5.75 Å². The topological polar surface area (TPSA) is 110 Å². The molecule has 1 aliphatic rings. The van der Waals surface area contributed by atoms with Crippen LogP contribution in [0.15, 0.2) is 83.3 Å². The minimum Gasteiger partial charge on any atom is -0.376 e. The number of hydrogen-bond acceptors (Lipinski definition) is 6. The average Bonchev–Trinajstić information content (AvgIpc) is 2.80. The van der Waals surface area contributed by atoms with Crippen molar-refractivity contribution in [2.24, 2.45) is 0 Å². The Bertz CT molecular complexity index is 1420. The van der Waals surface area contributed by atoms with E-state index in [0.717, 1.165) is 4.90 Å². The van der Waals surface area contributed by atoms with E-state index in [1.165, 1.54) is 54.6 Å². The molecule has 0 aliphatic carbocycles. The maximum atomic E-state index is 12.9. The van der Waals surface area contributed by atoms with Gasteiger partial charge in [0.2, 0.25) is 0 Å². The lowest BCUT2D eigenvalue weighted by molar-refractivity contribution is -0.122. The van der Waals surface area contributed by atoms with Crippen molar-refractivity contribution < 1.29 is 27.0 Å². The summed E-state index contributed by atoms with van der Waals surface area (Å²) >= 11 is 12.4. The Labute approximate surface area is 204 Å². The zero-order chi connectivity index (χ0) is 24.5. The first kappa shape index (κ1) is 23.5. The third-order valence-electron chi connectivity index (χ3n) is 4.67. The Morgan fingerprint density at radius 2 is 1.41 bits per heavy atom. The summed E-state index contributed by atoms with van der Waals surface area (Å²) < 4.78 is 30.1. The summed E-state index contributed by atoms with van der Waals surface area (Å²) in [5, 5.41) is 1.77. The summed E-state index contributed by atoms with van der Waals surface area (Å²) in [5.74, 6) is -2.06. The normalized spacial score (nSPS) is 15.4. The maximum Gasteiger partial charge on any atom is 0.339 e. The van der Waals surface area contributed by atoms with Gasteiger partial charge in [0.15, 0.2) is 5.75 Å². The summed E-state index contributed by atoms with van der Waals surface area (Å²) in [6.07, 6.45) is 1.19. The van der Waals surface area contributed by atoms with E-state index >= 15 is 0 Å². The minimum atomic E-state index is -4.21. The van der Waals surface area contributed by atoms with E-state index < -0.39 is 28.0 Å². The molecule has 0 unspecified atom stereocenters. The molecule has 172 valence electrons. The first-order valence-corrected chi connectivity index (χ1v) is 11.8. The monoisotopic (exact) mass is 516 g/mol. The quantitative estimate of drug-likeness (QED) is 0.305. The highest BCUT2D eigenvalue weighted by atomic mass is 35.5. The molecule has 4 amide bonds. The number of halogens is 2. The van der Waals surface area contributed by atoms with Crippen LogP contribution in [0.4, 0.5) is 10.5 Å². The second kappa shape index (κ2) is 9.30. The van der Waals surface area contributed by atoms with Crippen molar-refractivity contribution in [3.05, 3.63) is 94.0 Å². The fourth-order valence-electron chi connectivity index (χ4n) is 3.12.